The lowest BCUT2D eigenvalue weighted by atomic mass is 9.82. The highest BCUT2D eigenvalue weighted by Gasteiger charge is 2.34. The number of rotatable bonds is 3. The summed E-state index contributed by atoms with van der Waals surface area (Å²) in [6.07, 6.45) is 4.26. The van der Waals surface area contributed by atoms with Gasteiger partial charge in [0.25, 0.3) is 0 Å². The SMILES string of the molecule is N#Cc1ccc(Cl)cc1NC(=O)C1CC=CCC1C(=O)O. The first-order valence-electron chi connectivity index (χ1n) is 6.41. The molecule has 1 aromatic rings. The second kappa shape index (κ2) is 6.42. The highest BCUT2D eigenvalue weighted by molar-refractivity contribution is 6.31. The van der Waals surface area contributed by atoms with Crippen LogP contribution in [-0.4, -0.2) is 17.0 Å². The zero-order valence-electron chi connectivity index (χ0n) is 11.0. The number of hydrogen-bond acceptors (Lipinski definition) is 3. The van der Waals surface area contributed by atoms with Crippen LogP contribution in [0, 0.1) is 23.2 Å². The maximum Gasteiger partial charge on any atom is 0.307 e. The van der Waals surface area contributed by atoms with Gasteiger partial charge >= 0.3 is 5.97 Å². The molecule has 0 bridgehead atoms. The minimum atomic E-state index is -0.994. The molecule has 2 rings (SSSR count). The topological polar surface area (TPSA) is 90.2 Å². The second-order valence-corrected chi connectivity index (χ2v) is 5.22. The summed E-state index contributed by atoms with van der Waals surface area (Å²) < 4.78 is 0. The van der Waals surface area contributed by atoms with Crippen molar-refractivity contribution in [2.24, 2.45) is 11.8 Å². The number of amides is 1. The third kappa shape index (κ3) is 3.41. The number of benzene rings is 1. The molecule has 2 unspecified atom stereocenters. The number of carbonyl (C=O) groups excluding carboxylic acids is 1. The molecule has 0 saturated carbocycles. The Morgan fingerprint density at radius 3 is 2.57 bits per heavy atom. The molecule has 6 heteroatoms. The number of hydrogen-bond donors (Lipinski definition) is 2. The molecule has 0 aromatic heterocycles. The van der Waals surface area contributed by atoms with E-state index in [0.29, 0.717) is 23.6 Å². The number of halogens is 1. The van der Waals surface area contributed by atoms with E-state index in [1.54, 1.807) is 18.2 Å². The van der Waals surface area contributed by atoms with E-state index < -0.39 is 23.7 Å². The molecule has 0 spiro atoms. The normalized spacial score (nSPS) is 20.6. The molecular formula is C15H13ClN2O3. The molecule has 0 aliphatic heterocycles. The van der Waals surface area contributed by atoms with Crippen molar-refractivity contribution in [1.29, 1.82) is 5.26 Å². The van der Waals surface area contributed by atoms with Crippen molar-refractivity contribution in [1.82, 2.24) is 0 Å². The van der Waals surface area contributed by atoms with Gasteiger partial charge in [-0.1, -0.05) is 23.8 Å². The molecule has 2 atom stereocenters. The first kappa shape index (κ1) is 15.1. The van der Waals surface area contributed by atoms with Crippen LogP contribution in [0.1, 0.15) is 18.4 Å². The van der Waals surface area contributed by atoms with E-state index in [1.165, 1.54) is 12.1 Å². The van der Waals surface area contributed by atoms with Crippen molar-refractivity contribution >= 4 is 29.2 Å². The average molecular weight is 305 g/mol. The van der Waals surface area contributed by atoms with E-state index in [2.05, 4.69) is 5.32 Å². The predicted octanol–water partition coefficient (Wildman–Crippen LogP) is 2.82. The van der Waals surface area contributed by atoms with Gasteiger partial charge in [-0.3, -0.25) is 9.59 Å². The van der Waals surface area contributed by atoms with Crippen LogP contribution in [0.2, 0.25) is 5.02 Å². The predicted molar refractivity (Wildman–Crippen MR) is 77.8 cm³/mol. The first-order valence-corrected chi connectivity index (χ1v) is 6.79. The Labute approximate surface area is 126 Å². The van der Waals surface area contributed by atoms with Crippen molar-refractivity contribution in [2.75, 3.05) is 5.32 Å². The molecule has 0 fully saturated rings. The second-order valence-electron chi connectivity index (χ2n) is 4.78. The number of nitriles is 1. The standard InChI is InChI=1S/C15H13ClN2O3/c16-10-6-5-9(8-17)13(7-10)18-14(19)11-3-1-2-4-12(11)15(20)21/h1-2,5-7,11-12H,3-4H2,(H,18,19)(H,20,21). The summed E-state index contributed by atoms with van der Waals surface area (Å²) in [5.41, 5.74) is 0.583. The lowest BCUT2D eigenvalue weighted by molar-refractivity contribution is -0.146. The number of nitrogens with zero attached hydrogens (tertiary/aromatic N) is 1. The van der Waals surface area contributed by atoms with E-state index in [4.69, 9.17) is 16.9 Å². The van der Waals surface area contributed by atoms with E-state index >= 15 is 0 Å². The Balaban J connectivity index is 2.21. The van der Waals surface area contributed by atoms with Gasteiger partial charge in [0.1, 0.15) is 6.07 Å². The maximum absolute atomic E-state index is 12.3. The summed E-state index contributed by atoms with van der Waals surface area (Å²) in [6, 6.07) is 6.50. The Kier molecular flexibility index (Phi) is 4.61. The van der Waals surface area contributed by atoms with Crippen molar-refractivity contribution in [3.63, 3.8) is 0 Å². The zero-order valence-corrected chi connectivity index (χ0v) is 11.8. The number of carbonyl (C=O) groups is 2. The molecule has 108 valence electrons. The van der Waals surface area contributed by atoms with Gasteiger partial charge in [0.05, 0.1) is 23.1 Å². The van der Waals surface area contributed by atoms with Crippen LogP contribution in [0.4, 0.5) is 5.69 Å². The summed E-state index contributed by atoms with van der Waals surface area (Å²) in [5, 5.41) is 21.2. The first-order chi connectivity index (χ1) is 10.0. The number of aliphatic carboxylic acids is 1. The smallest absolute Gasteiger partial charge is 0.307 e. The molecule has 1 aliphatic carbocycles. The largest absolute Gasteiger partial charge is 0.481 e. The lowest BCUT2D eigenvalue weighted by Gasteiger charge is -2.24. The van der Waals surface area contributed by atoms with Gasteiger partial charge in [0.2, 0.25) is 5.91 Å². The Morgan fingerprint density at radius 1 is 1.29 bits per heavy atom. The molecule has 1 aliphatic rings. The molecule has 0 saturated heterocycles. The van der Waals surface area contributed by atoms with Gasteiger partial charge in [0, 0.05) is 5.02 Å². The summed E-state index contributed by atoms with van der Waals surface area (Å²) in [6.45, 7) is 0. The number of carboxylic acids is 1. The van der Waals surface area contributed by atoms with Crippen LogP contribution in [0.5, 0.6) is 0 Å². The van der Waals surface area contributed by atoms with Crippen LogP contribution in [0.3, 0.4) is 0 Å². The Bertz CT molecular complexity index is 649. The van der Waals surface area contributed by atoms with E-state index in [-0.39, 0.29) is 5.56 Å². The molecule has 5 nitrogen and oxygen atoms in total. The molecule has 2 N–H and O–H groups in total. The highest BCUT2D eigenvalue weighted by Crippen LogP contribution is 2.28. The summed E-state index contributed by atoms with van der Waals surface area (Å²) in [7, 11) is 0. The molecule has 0 radical (unpaired) electrons. The van der Waals surface area contributed by atoms with Crippen LogP contribution in [0.25, 0.3) is 0 Å². The number of anilines is 1. The Hall–Kier alpha value is -2.32. The summed E-state index contributed by atoms with van der Waals surface area (Å²) >= 11 is 5.86. The third-order valence-electron chi connectivity index (χ3n) is 3.45. The number of nitrogens with one attached hydrogen (secondary N) is 1. The Morgan fingerprint density at radius 2 is 1.95 bits per heavy atom. The average Bonchev–Trinajstić information content (AvgIpc) is 2.47. The fraction of sp³-hybridized carbons (Fsp3) is 0.267. The van der Waals surface area contributed by atoms with Crippen LogP contribution >= 0.6 is 11.6 Å². The quantitative estimate of drug-likeness (QED) is 0.840. The molecular weight excluding hydrogens is 292 g/mol. The molecule has 1 amide bonds. The fourth-order valence-electron chi connectivity index (χ4n) is 2.32. The van der Waals surface area contributed by atoms with E-state index in [1.807, 2.05) is 6.07 Å². The van der Waals surface area contributed by atoms with E-state index in [0.717, 1.165) is 0 Å². The van der Waals surface area contributed by atoms with Crippen LogP contribution in [0.15, 0.2) is 30.4 Å². The van der Waals surface area contributed by atoms with Gasteiger partial charge in [-0.05, 0) is 31.0 Å². The zero-order chi connectivity index (χ0) is 15.4. The molecule has 1 aromatic carbocycles. The van der Waals surface area contributed by atoms with Crippen molar-refractivity contribution < 1.29 is 14.7 Å². The van der Waals surface area contributed by atoms with E-state index in [9.17, 15) is 14.7 Å². The molecule has 21 heavy (non-hydrogen) atoms. The highest BCUT2D eigenvalue weighted by atomic mass is 35.5. The van der Waals surface area contributed by atoms with Crippen LogP contribution in [-0.2, 0) is 9.59 Å². The number of carboxylic acid groups (broad SMARTS) is 1. The van der Waals surface area contributed by atoms with Gasteiger partial charge in [-0.2, -0.15) is 5.26 Å². The van der Waals surface area contributed by atoms with Crippen molar-refractivity contribution in [3.05, 3.63) is 40.9 Å². The third-order valence-corrected chi connectivity index (χ3v) is 3.68. The van der Waals surface area contributed by atoms with Gasteiger partial charge in [-0.15, -0.1) is 0 Å². The molecule has 0 heterocycles. The summed E-state index contributed by atoms with van der Waals surface area (Å²) in [4.78, 5) is 23.5. The van der Waals surface area contributed by atoms with Gasteiger partial charge in [-0.25, -0.2) is 0 Å². The van der Waals surface area contributed by atoms with Gasteiger partial charge in [0.15, 0.2) is 0 Å². The number of allylic oxidation sites excluding steroid dienone is 2. The van der Waals surface area contributed by atoms with Crippen molar-refractivity contribution in [2.45, 2.75) is 12.8 Å². The van der Waals surface area contributed by atoms with Crippen LogP contribution < -0.4 is 5.32 Å². The fourth-order valence-corrected chi connectivity index (χ4v) is 2.49. The minimum Gasteiger partial charge on any atom is -0.481 e. The van der Waals surface area contributed by atoms with Crippen molar-refractivity contribution in [3.8, 4) is 6.07 Å². The van der Waals surface area contributed by atoms with Gasteiger partial charge < -0.3 is 10.4 Å². The summed E-state index contributed by atoms with van der Waals surface area (Å²) in [5.74, 6) is -2.81. The monoisotopic (exact) mass is 304 g/mol. The minimum absolute atomic E-state index is 0.283. The lowest BCUT2D eigenvalue weighted by Crippen LogP contribution is -2.34. The maximum atomic E-state index is 12.3.